The van der Waals surface area contributed by atoms with Gasteiger partial charge in [0.25, 0.3) is 0 Å². The molecule has 2 aromatic carbocycles. The topological polar surface area (TPSA) is 74.9 Å². The molecule has 1 heterocycles. The minimum Gasteiger partial charge on any atom is -0.506 e. The Morgan fingerprint density at radius 3 is 2.78 bits per heavy atom. The van der Waals surface area contributed by atoms with Crippen molar-refractivity contribution < 1.29 is 9.50 Å². The number of rotatable bonds is 1. The molecule has 1 aromatic heterocycles. The monoisotopic (exact) mass is 243 g/mol. The number of phenols is 1. The highest BCUT2D eigenvalue weighted by Crippen LogP contribution is 2.27. The molecule has 0 aliphatic heterocycles. The molecule has 5 heteroatoms. The van der Waals surface area contributed by atoms with Gasteiger partial charge in [-0.25, -0.2) is 9.37 Å². The first-order valence-corrected chi connectivity index (χ1v) is 5.37. The lowest BCUT2D eigenvalue weighted by Gasteiger charge is -2.00. The molecule has 0 fully saturated rings. The summed E-state index contributed by atoms with van der Waals surface area (Å²) in [5, 5.41) is 9.55. The number of hydrogen-bond acceptors (Lipinski definition) is 3. The Hall–Kier alpha value is -2.56. The van der Waals surface area contributed by atoms with Crippen LogP contribution in [0.15, 0.2) is 36.4 Å². The largest absolute Gasteiger partial charge is 0.506 e. The normalized spacial score (nSPS) is 10.9. The first-order valence-electron chi connectivity index (χ1n) is 5.37. The predicted molar refractivity (Wildman–Crippen MR) is 67.6 cm³/mol. The molecular weight excluding hydrogens is 233 g/mol. The fraction of sp³-hybridized carbons (Fsp3) is 0. The van der Waals surface area contributed by atoms with Crippen LogP contribution in [-0.4, -0.2) is 15.1 Å². The molecule has 0 bridgehead atoms. The van der Waals surface area contributed by atoms with E-state index >= 15 is 0 Å². The quantitative estimate of drug-likeness (QED) is 0.454. The van der Waals surface area contributed by atoms with Crippen LogP contribution in [0.4, 0.5) is 10.1 Å². The van der Waals surface area contributed by atoms with Crippen molar-refractivity contribution in [3.8, 4) is 17.1 Å². The number of hydrogen-bond donors (Lipinski definition) is 3. The summed E-state index contributed by atoms with van der Waals surface area (Å²) in [4.78, 5) is 7.32. The third-order valence-corrected chi connectivity index (χ3v) is 2.75. The number of fused-ring (bicyclic) bond motifs is 1. The molecule has 90 valence electrons. The van der Waals surface area contributed by atoms with Gasteiger partial charge in [-0.05, 0) is 36.4 Å². The number of aromatic nitrogens is 2. The van der Waals surface area contributed by atoms with Gasteiger partial charge < -0.3 is 15.8 Å². The van der Waals surface area contributed by atoms with Gasteiger partial charge in [-0.1, -0.05) is 0 Å². The predicted octanol–water partition coefficient (Wildman–Crippen LogP) is 2.66. The van der Waals surface area contributed by atoms with Crippen molar-refractivity contribution >= 4 is 16.7 Å². The lowest BCUT2D eigenvalue weighted by Crippen LogP contribution is -1.86. The fourth-order valence-corrected chi connectivity index (χ4v) is 1.81. The Kier molecular flexibility index (Phi) is 2.19. The van der Waals surface area contributed by atoms with Gasteiger partial charge in [-0.3, -0.25) is 0 Å². The van der Waals surface area contributed by atoms with Gasteiger partial charge in [0, 0.05) is 5.56 Å². The van der Waals surface area contributed by atoms with Gasteiger partial charge in [0.1, 0.15) is 17.4 Å². The molecule has 4 N–H and O–H groups in total. The molecular formula is C13H10FN3O. The molecule has 18 heavy (non-hydrogen) atoms. The molecule has 0 aliphatic rings. The Morgan fingerprint density at radius 2 is 2.00 bits per heavy atom. The maximum Gasteiger partial charge on any atom is 0.139 e. The maximum atomic E-state index is 13.1. The van der Waals surface area contributed by atoms with Gasteiger partial charge in [-0.15, -0.1) is 0 Å². The number of benzene rings is 2. The molecule has 0 radical (unpaired) electrons. The van der Waals surface area contributed by atoms with Gasteiger partial charge in [0.15, 0.2) is 0 Å². The number of H-pyrrole nitrogens is 1. The van der Waals surface area contributed by atoms with Gasteiger partial charge in [-0.2, -0.15) is 0 Å². The van der Waals surface area contributed by atoms with E-state index in [1.807, 2.05) is 0 Å². The van der Waals surface area contributed by atoms with E-state index in [0.29, 0.717) is 28.1 Å². The van der Waals surface area contributed by atoms with Gasteiger partial charge in [0.05, 0.1) is 16.7 Å². The zero-order valence-corrected chi connectivity index (χ0v) is 9.31. The summed E-state index contributed by atoms with van der Waals surface area (Å²) in [6.45, 7) is 0. The number of nitrogen functional groups attached to an aromatic ring is 1. The van der Waals surface area contributed by atoms with E-state index < -0.39 is 0 Å². The van der Waals surface area contributed by atoms with Crippen molar-refractivity contribution in [3.63, 3.8) is 0 Å². The zero-order valence-electron chi connectivity index (χ0n) is 9.31. The lowest BCUT2D eigenvalue weighted by molar-refractivity contribution is 0.478. The molecule has 3 rings (SSSR count). The molecule has 0 saturated carbocycles. The fourth-order valence-electron chi connectivity index (χ4n) is 1.81. The van der Waals surface area contributed by atoms with Crippen LogP contribution in [-0.2, 0) is 0 Å². The van der Waals surface area contributed by atoms with Crippen LogP contribution in [0.1, 0.15) is 0 Å². The molecule has 0 aliphatic carbocycles. The van der Waals surface area contributed by atoms with E-state index in [-0.39, 0.29) is 11.6 Å². The summed E-state index contributed by atoms with van der Waals surface area (Å²) in [6, 6.07) is 9.18. The summed E-state index contributed by atoms with van der Waals surface area (Å²) >= 11 is 0. The third-order valence-electron chi connectivity index (χ3n) is 2.75. The van der Waals surface area contributed by atoms with Crippen LogP contribution in [0.3, 0.4) is 0 Å². The van der Waals surface area contributed by atoms with Crippen LogP contribution < -0.4 is 5.73 Å². The summed E-state index contributed by atoms with van der Waals surface area (Å²) in [6.07, 6.45) is 0. The van der Waals surface area contributed by atoms with Crippen molar-refractivity contribution in [1.29, 1.82) is 0 Å². The highest BCUT2D eigenvalue weighted by Gasteiger charge is 2.07. The number of imidazole rings is 1. The molecule has 0 saturated heterocycles. The summed E-state index contributed by atoms with van der Waals surface area (Å²) in [7, 11) is 0. The minimum atomic E-state index is -0.321. The number of nitrogens with two attached hydrogens (primary N) is 1. The van der Waals surface area contributed by atoms with Crippen LogP contribution >= 0.6 is 0 Å². The summed E-state index contributed by atoms with van der Waals surface area (Å²) in [5.41, 5.74) is 7.81. The Bertz CT molecular complexity index is 736. The second kappa shape index (κ2) is 3.73. The van der Waals surface area contributed by atoms with E-state index in [9.17, 15) is 9.50 Å². The smallest absolute Gasteiger partial charge is 0.139 e. The van der Waals surface area contributed by atoms with E-state index in [1.165, 1.54) is 18.2 Å². The van der Waals surface area contributed by atoms with Crippen LogP contribution in [0.25, 0.3) is 22.4 Å². The van der Waals surface area contributed by atoms with Crippen LogP contribution in [0.2, 0.25) is 0 Å². The lowest BCUT2D eigenvalue weighted by atomic mass is 10.2. The number of nitrogens with one attached hydrogen (secondary N) is 1. The van der Waals surface area contributed by atoms with Crippen LogP contribution in [0, 0.1) is 5.82 Å². The van der Waals surface area contributed by atoms with Gasteiger partial charge in [0.2, 0.25) is 0 Å². The summed E-state index contributed by atoms with van der Waals surface area (Å²) in [5.74, 6) is 0.239. The molecule has 3 aromatic rings. The van der Waals surface area contributed by atoms with Crippen molar-refractivity contribution in [3.05, 3.63) is 42.2 Å². The highest BCUT2D eigenvalue weighted by atomic mass is 19.1. The Labute approximate surface area is 102 Å². The number of anilines is 1. The highest BCUT2D eigenvalue weighted by molar-refractivity contribution is 5.80. The zero-order chi connectivity index (χ0) is 12.7. The summed E-state index contributed by atoms with van der Waals surface area (Å²) < 4.78 is 13.1. The maximum absolute atomic E-state index is 13.1. The number of aromatic amines is 1. The Balaban J connectivity index is 2.16. The molecule has 0 spiro atoms. The number of nitrogens with zero attached hydrogens (tertiary/aromatic N) is 1. The van der Waals surface area contributed by atoms with Crippen LogP contribution in [0.5, 0.6) is 5.75 Å². The van der Waals surface area contributed by atoms with E-state index in [2.05, 4.69) is 9.97 Å². The SMILES string of the molecule is Nc1ccc(-c2nc3ccc(F)cc3[nH]2)cc1O. The number of halogens is 1. The van der Waals surface area contributed by atoms with E-state index in [4.69, 9.17) is 5.73 Å². The van der Waals surface area contributed by atoms with Crippen molar-refractivity contribution in [1.82, 2.24) is 9.97 Å². The third kappa shape index (κ3) is 1.66. The first-order chi connectivity index (χ1) is 8.63. The van der Waals surface area contributed by atoms with Crippen molar-refractivity contribution in [2.45, 2.75) is 0 Å². The first kappa shape index (κ1) is 10.6. The molecule has 0 unspecified atom stereocenters. The Morgan fingerprint density at radius 1 is 1.17 bits per heavy atom. The average Bonchev–Trinajstić information content (AvgIpc) is 2.75. The standard InChI is InChI=1S/C13H10FN3O/c14-8-2-4-10-11(6-8)17-13(16-10)7-1-3-9(15)12(18)5-7/h1-6,18H,15H2,(H,16,17). The minimum absolute atomic E-state index is 0.000799. The van der Waals surface area contributed by atoms with Gasteiger partial charge >= 0.3 is 0 Å². The average molecular weight is 243 g/mol. The molecule has 4 nitrogen and oxygen atoms in total. The molecule has 0 atom stereocenters. The second-order valence-corrected chi connectivity index (χ2v) is 4.02. The van der Waals surface area contributed by atoms with Crippen molar-refractivity contribution in [2.75, 3.05) is 5.73 Å². The van der Waals surface area contributed by atoms with Crippen molar-refractivity contribution in [2.24, 2.45) is 0 Å². The van der Waals surface area contributed by atoms with E-state index in [1.54, 1.807) is 18.2 Å². The second-order valence-electron chi connectivity index (χ2n) is 4.02. The molecule has 0 amide bonds. The number of aromatic hydroxyl groups is 1. The van der Waals surface area contributed by atoms with E-state index in [0.717, 1.165) is 0 Å². The number of phenolic OH excluding ortho intramolecular Hbond substituents is 1.